The highest BCUT2D eigenvalue weighted by molar-refractivity contribution is 5.81. The molecule has 0 amide bonds. The highest BCUT2D eigenvalue weighted by atomic mass is 16.5. The summed E-state index contributed by atoms with van der Waals surface area (Å²) in [4.78, 5) is 24.2. The van der Waals surface area contributed by atoms with Crippen LogP contribution in [0.5, 0.6) is 17.2 Å². The Balaban J connectivity index is 1.41. The molecule has 0 aliphatic heterocycles. The van der Waals surface area contributed by atoms with Gasteiger partial charge in [-0.1, -0.05) is 25.5 Å². The highest BCUT2D eigenvalue weighted by Gasteiger charge is 2.09. The maximum atomic E-state index is 12.4. The zero-order chi connectivity index (χ0) is 23.2. The molecule has 0 atom stereocenters. The second kappa shape index (κ2) is 10.1. The second-order valence-electron chi connectivity index (χ2n) is 7.50. The average Bonchev–Trinajstić information content (AvgIpc) is 2.82. The fraction of sp³-hybridized carbons (Fsp3) is 0.231. The predicted molar refractivity (Wildman–Crippen MR) is 123 cm³/mol. The standard InChI is InChI=1S/C26H24O7/c1-3-4-18-11-26(28)33-24-13-20(9-10-22(18)24)30-15-21-12-23(27)25(16-31-21)32-14-17-5-7-19(29-2)8-6-17/h5-13,16H,3-4,14-15H2,1-2H3. The monoisotopic (exact) mass is 448 g/mol. The molecule has 4 rings (SSSR count). The summed E-state index contributed by atoms with van der Waals surface area (Å²) >= 11 is 0. The van der Waals surface area contributed by atoms with E-state index in [0.717, 1.165) is 35.1 Å². The summed E-state index contributed by atoms with van der Waals surface area (Å²) in [5.74, 6) is 1.71. The molecule has 0 unspecified atom stereocenters. The van der Waals surface area contributed by atoms with Gasteiger partial charge in [-0.15, -0.1) is 0 Å². The first kappa shape index (κ1) is 22.2. The lowest BCUT2D eigenvalue weighted by Gasteiger charge is -2.09. The second-order valence-corrected chi connectivity index (χ2v) is 7.50. The van der Waals surface area contributed by atoms with Crippen molar-refractivity contribution in [3.63, 3.8) is 0 Å². The molecule has 0 aliphatic carbocycles. The Hall–Kier alpha value is -4.00. The van der Waals surface area contributed by atoms with Crippen molar-refractivity contribution in [2.24, 2.45) is 0 Å². The van der Waals surface area contributed by atoms with Gasteiger partial charge in [0.15, 0.2) is 0 Å². The van der Waals surface area contributed by atoms with Crippen LogP contribution in [0.4, 0.5) is 0 Å². The van der Waals surface area contributed by atoms with E-state index in [9.17, 15) is 9.59 Å². The van der Waals surface area contributed by atoms with Gasteiger partial charge in [-0.25, -0.2) is 4.79 Å². The summed E-state index contributed by atoms with van der Waals surface area (Å²) in [6, 6.07) is 15.6. The van der Waals surface area contributed by atoms with Crippen LogP contribution < -0.4 is 25.3 Å². The number of hydrogen-bond acceptors (Lipinski definition) is 7. The van der Waals surface area contributed by atoms with Crippen LogP contribution in [0.25, 0.3) is 11.0 Å². The number of ether oxygens (including phenoxy) is 3. The fourth-order valence-corrected chi connectivity index (χ4v) is 3.43. The fourth-order valence-electron chi connectivity index (χ4n) is 3.43. The summed E-state index contributed by atoms with van der Waals surface area (Å²) in [6.07, 6.45) is 3.00. The molecular formula is C26H24O7. The van der Waals surface area contributed by atoms with Crippen LogP contribution in [0, 0.1) is 0 Å². The van der Waals surface area contributed by atoms with Gasteiger partial charge in [-0.05, 0) is 41.8 Å². The Morgan fingerprint density at radius 2 is 1.67 bits per heavy atom. The molecule has 7 heteroatoms. The van der Waals surface area contributed by atoms with Gasteiger partial charge in [0.25, 0.3) is 0 Å². The number of fused-ring (bicyclic) bond motifs is 1. The topological polar surface area (TPSA) is 88.1 Å². The lowest BCUT2D eigenvalue weighted by atomic mass is 10.1. The van der Waals surface area contributed by atoms with E-state index in [-0.39, 0.29) is 30.0 Å². The van der Waals surface area contributed by atoms with E-state index in [1.807, 2.05) is 30.3 Å². The highest BCUT2D eigenvalue weighted by Crippen LogP contribution is 2.24. The van der Waals surface area contributed by atoms with Crippen molar-refractivity contribution in [1.82, 2.24) is 0 Å². The minimum absolute atomic E-state index is 0.0401. The number of methoxy groups -OCH3 is 1. The van der Waals surface area contributed by atoms with E-state index in [1.54, 1.807) is 19.2 Å². The third-order valence-electron chi connectivity index (χ3n) is 5.11. The lowest BCUT2D eigenvalue weighted by molar-refractivity contribution is 0.254. The Morgan fingerprint density at radius 1 is 0.879 bits per heavy atom. The Bertz CT molecular complexity index is 1350. The van der Waals surface area contributed by atoms with Gasteiger partial charge in [-0.2, -0.15) is 0 Å². The first-order chi connectivity index (χ1) is 16.1. The lowest BCUT2D eigenvalue weighted by Crippen LogP contribution is -2.09. The summed E-state index contributed by atoms with van der Waals surface area (Å²) in [7, 11) is 1.60. The minimum Gasteiger partial charge on any atom is -0.497 e. The third kappa shape index (κ3) is 5.44. The molecule has 7 nitrogen and oxygen atoms in total. The summed E-state index contributed by atoms with van der Waals surface area (Å²) in [5, 5.41) is 0.883. The molecule has 0 N–H and O–H groups in total. The van der Waals surface area contributed by atoms with Gasteiger partial charge in [-0.3, -0.25) is 4.79 Å². The number of benzene rings is 2. The van der Waals surface area contributed by atoms with Crippen molar-refractivity contribution >= 4 is 11.0 Å². The largest absolute Gasteiger partial charge is 0.497 e. The van der Waals surface area contributed by atoms with E-state index in [0.29, 0.717) is 17.1 Å². The van der Waals surface area contributed by atoms with Gasteiger partial charge in [0.2, 0.25) is 11.2 Å². The smallest absolute Gasteiger partial charge is 0.336 e. The minimum atomic E-state index is -0.390. The molecule has 4 aromatic rings. The molecule has 2 heterocycles. The van der Waals surface area contributed by atoms with Crippen LogP contribution in [-0.2, 0) is 19.6 Å². The maximum Gasteiger partial charge on any atom is 0.336 e. The molecule has 0 saturated carbocycles. The van der Waals surface area contributed by atoms with E-state index >= 15 is 0 Å². The van der Waals surface area contributed by atoms with Crippen molar-refractivity contribution < 1.29 is 23.0 Å². The molecule has 2 aromatic carbocycles. The van der Waals surface area contributed by atoms with Gasteiger partial charge in [0.05, 0.1) is 7.11 Å². The van der Waals surface area contributed by atoms with E-state index in [4.69, 9.17) is 23.0 Å². The van der Waals surface area contributed by atoms with E-state index < -0.39 is 0 Å². The molecule has 170 valence electrons. The molecule has 2 aromatic heterocycles. The number of hydrogen-bond donors (Lipinski definition) is 0. The summed E-state index contributed by atoms with van der Waals surface area (Å²) in [5.41, 5.74) is 1.62. The van der Waals surface area contributed by atoms with E-state index in [1.165, 1.54) is 18.4 Å². The number of rotatable bonds is 9. The molecule has 0 aliphatic rings. The van der Waals surface area contributed by atoms with Crippen LogP contribution in [0.2, 0.25) is 0 Å². The molecule has 0 radical (unpaired) electrons. The van der Waals surface area contributed by atoms with Gasteiger partial charge in [0.1, 0.15) is 42.3 Å². The van der Waals surface area contributed by atoms with Gasteiger partial charge < -0.3 is 23.0 Å². The van der Waals surface area contributed by atoms with Gasteiger partial charge >= 0.3 is 5.63 Å². The van der Waals surface area contributed by atoms with Crippen LogP contribution in [0.3, 0.4) is 0 Å². The SMILES string of the molecule is CCCc1cc(=O)oc2cc(OCc3cc(=O)c(OCc4ccc(OC)cc4)co3)ccc12. The maximum absolute atomic E-state index is 12.4. The predicted octanol–water partition coefficient (Wildman–Crippen LogP) is 4.87. The quantitative estimate of drug-likeness (QED) is 0.338. The van der Waals surface area contributed by atoms with Crippen LogP contribution in [-0.4, -0.2) is 7.11 Å². The van der Waals surface area contributed by atoms with Crippen molar-refractivity contribution in [3.8, 4) is 17.2 Å². The van der Waals surface area contributed by atoms with Crippen LogP contribution in [0.15, 0.2) is 79.3 Å². The van der Waals surface area contributed by atoms with Crippen LogP contribution in [0.1, 0.15) is 30.2 Å². The molecule has 0 spiro atoms. The number of aryl methyl sites for hydroxylation is 1. The van der Waals surface area contributed by atoms with Crippen LogP contribution >= 0.6 is 0 Å². The Kier molecular flexibility index (Phi) is 6.78. The summed E-state index contributed by atoms with van der Waals surface area (Å²) in [6.45, 7) is 2.33. The molecule has 0 fully saturated rings. The molecule has 33 heavy (non-hydrogen) atoms. The van der Waals surface area contributed by atoms with Crippen molar-refractivity contribution in [3.05, 3.63) is 98.4 Å². The molecular weight excluding hydrogens is 424 g/mol. The Morgan fingerprint density at radius 3 is 2.39 bits per heavy atom. The normalized spacial score (nSPS) is 10.8. The van der Waals surface area contributed by atoms with E-state index in [2.05, 4.69) is 6.92 Å². The molecule has 0 saturated heterocycles. The average molecular weight is 448 g/mol. The summed E-state index contributed by atoms with van der Waals surface area (Å²) < 4.78 is 27.3. The van der Waals surface area contributed by atoms with Crippen molar-refractivity contribution in [2.75, 3.05) is 7.11 Å². The zero-order valence-electron chi connectivity index (χ0n) is 18.5. The zero-order valence-corrected chi connectivity index (χ0v) is 18.5. The van der Waals surface area contributed by atoms with Crippen molar-refractivity contribution in [1.29, 1.82) is 0 Å². The Labute approximate surface area is 190 Å². The third-order valence-corrected chi connectivity index (χ3v) is 5.11. The molecule has 0 bridgehead atoms. The van der Waals surface area contributed by atoms with Gasteiger partial charge in [0, 0.05) is 23.6 Å². The van der Waals surface area contributed by atoms with Crippen molar-refractivity contribution in [2.45, 2.75) is 33.0 Å². The first-order valence-electron chi connectivity index (χ1n) is 10.6. The first-order valence-corrected chi connectivity index (χ1v) is 10.6.